The van der Waals surface area contributed by atoms with Gasteiger partial charge in [-0.1, -0.05) is 4.40 Å². The first kappa shape index (κ1) is 24.5. The summed E-state index contributed by atoms with van der Waals surface area (Å²) in [4.78, 5) is 14.0. The SMILES string of the molecule is CC(C)(C)OC(=O)NCC1CCN(c2ccc(F)cc2/C=N/[S+]([O-])C(C)(C)C)CC1. The molecule has 1 amide bonds. The zero-order valence-corrected chi connectivity index (χ0v) is 19.6. The highest BCUT2D eigenvalue weighted by molar-refractivity contribution is 7.91. The van der Waals surface area contributed by atoms with E-state index in [4.69, 9.17) is 4.74 Å². The maximum Gasteiger partial charge on any atom is 0.407 e. The zero-order valence-electron chi connectivity index (χ0n) is 18.8. The Morgan fingerprint density at radius 2 is 1.93 bits per heavy atom. The maximum atomic E-state index is 13.8. The standard InChI is InChI=1S/C22H34FN3O3S/c1-21(2,3)29-20(27)24-14-16-9-11-26(12-10-16)19-8-7-18(23)13-17(19)15-25-30(28)22(4,5)6/h7-8,13,15-16H,9-12,14H2,1-6H3,(H,24,27)/b25-15+. The van der Waals surface area contributed by atoms with Gasteiger partial charge in [0.1, 0.15) is 27.5 Å². The molecule has 8 heteroatoms. The summed E-state index contributed by atoms with van der Waals surface area (Å²) in [5.74, 6) is 0.0120. The third kappa shape index (κ3) is 7.80. The van der Waals surface area contributed by atoms with Crippen molar-refractivity contribution in [2.45, 2.75) is 64.7 Å². The number of piperidine rings is 1. The van der Waals surface area contributed by atoms with Crippen LogP contribution in [0.25, 0.3) is 0 Å². The van der Waals surface area contributed by atoms with Gasteiger partial charge in [-0.05, 0) is 78.5 Å². The molecule has 1 aromatic carbocycles. The number of halogens is 1. The van der Waals surface area contributed by atoms with Gasteiger partial charge >= 0.3 is 6.09 Å². The normalized spacial score (nSPS) is 17.3. The third-order valence-corrected chi connectivity index (χ3v) is 6.03. The van der Waals surface area contributed by atoms with Crippen LogP contribution in [0.15, 0.2) is 22.6 Å². The van der Waals surface area contributed by atoms with Gasteiger partial charge in [0.05, 0.1) is 6.21 Å². The lowest BCUT2D eigenvalue weighted by Crippen LogP contribution is -2.40. The number of benzene rings is 1. The topological polar surface area (TPSA) is 77.0 Å². The second-order valence-corrected chi connectivity index (χ2v) is 11.5. The molecule has 1 aromatic rings. The molecule has 0 aliphatic carbocycles. The van der Waals surface area contributed by atoms with E-state index in [0.29, 0.717) is 18.0 Å². The number of amides is 1. The minimum Gasteiger partial charge on any atom is -0.591 e. The quantitative estimate of drug-likeness (QED) is 0.543. The number of carbonyl (C=O) groups is 1. The van der Waals surface area contributed by atoms with Crippen molar-refractivity contribution in [3.8, 4) is 0 Å². The molecule has 0 aromatic heterocycles. The number of anilines is 1. The van der Waals surface area contributed by atoms with Gasteiger partial charge in [-0.3, -0.25) is 0 Å². The average Bonchev–Trinajstić information content (AvgIpc) is 2.63. The molecule has 1 unspecified atom stereocenters. The molecule has 0 bridgehead atoms. The number of carbonyl (C=O) groups excluding carboxylic acids is 1. The summed E-state index contributed by atoms with van der Waals surface area (Å²) in [6, 6.07) is 4.61. The smallest absolute Gasteiger partial charge is 0.407 e. The Balaban J connectivity index is 1.97. The van der Waals surface area contributed by atoms with Gasteiger partial charge in [-0.25, -0.2) is 9.18 Å². The summed E-state index contributed by atoms with van der Waals surface area (Å²) in [5.41, 5.74) is 0.993. The molecule has 2 rings (SSSR count). The minimum absolute atomic E-state index is 0.349. The zero-order chi connectivity index (χ0) is 22.5. The summed E-state index contributed by atoms with van der Waals surface area (Å²) in [7, 11) is 0. The largest absolute Gasteiger partial charge is 0.591 e. The van der Waals surface area contributed by atoms with Gasteiger partial charge < -0.3 is 19.5 Å². The first-order valence-electron chi connectivity index (χ1n) is 10.3. The van der Waals surface area contributed by atoms with Crippen LogP contribution >= 0.6 is 0 Å². The lowest BCUT2D eigenvalue weighted by Gasteiger charge is -2.34. The van der Waals surface area contributed by atoms with E-state index in [1.165, 1.54) is 18.3 Å². The fourth-order valence-electron chi connectivity index (χ4n) is 3.10. The fourth-order valence-corrected chi connectivity index (χ4v) is 3.62. The molecule has 1 N–H and O–H groups in total. The second-order valence-electron chi connectivity index (χ2n) is 9.61. The van der Waals surface area contributed by atoms with Crippen LogP contribution in [0.4, 0.5) is 14.9 Å². The molecule has 1 saturated heterocycles. The number of alkyl carbamates (subject to hydrolysis) is 1. The van der Waals surface area contributed by atoms with E-state index in [9.17, 15) is 13.7 Å². The Kier molecular flexibility index (Phi) is 8.16. The average molecular weight is 440 g/mol. The lowest BCUT2D eigenvalue weighted by molar-refractivity contribution is 0.0517. The van der Waals surface area contributed by atoms with Crippen LogP contribution in [0.5, 0.6) is 0 Å². The van der Waals surface area contributed by atoms with Gasteiger partial charge in [-0.15, -0.1) is 0 Å². The molecule has 1 aliphatic rings. The van der Waals surface area contributed by atoms with E-state index in [-0.39, 0.29) is 5.82 Å². The number of rotatable bonds is 5. The van der Waals surface area contributed by atoms with Gasteiger partial charge in [-0.2, -0.15) is 0 Å². The van der Waals surface area contributed by atoms with E-state index >= 15 is 0 Å². The second kappa shape index (κ2) is 10.0. The first-order chi connectivity index (χ1) is 13.8. The van der Waals surface area contributed by atoms with Crippen molar-refractivity contribution in [1.82, 2.24) is 5.32 Å². The lowest BCUT2D eigenvalue weighted by atomic mass is 9.96. The van der Waals surface area contributed by atoms with Crippen molar-refractivity contribution < 1.29 is 18.5 Å². The molecule has 1 fully saturated rings. The van der Waals surface area contributed by atoms with Crippen molar-refractivity contribution in [2.24, 2.45) is 10.3 Å². The van der Waals surface area contributed by atoms with E-state index in [2.05, 4.69) is 14.6 Å². The molecule has 0 radical (unpaired) electrons. The summed E-state index contributed by atoms with van der Waals surface area (Å²) < 4.78 is 35.0. The van der Waals surface area contributed by atoms with Crippen molar-refractivity contribution >= 4 is 29.4 Å². The summed E-state index contributed by atoms with van der Waals surface area (Å²) >= 11 is -1.40. The van der Waals surface area contributed by atoms with Crippen molar-refractivity contribution in [1.29, 1.82) is 0 Å². The Morgan fingerprint density at radius 1 is 1.30 bits per heavy atom. The van der Waals surface area contributed by atoms with Gasteiger partial charge in [0.15, 0.2) is 0 Å². The summed E-state index contributed by atoms with van der Waals surface area (Å²) in [6.45, 7) is 13.2. The van der Waals surface area contributed by atoms with Gasteiger partial charge in [0.2, 0.25) is 0 Å². The van der Waals surface area contributed by atoms with Crippen LogP contribution < -0.4 is 10.2 Å². The molecule has 1 atom stereocenters. The molecular formula is C22H34FN3O3S. The van der Waals surface area contributed by atoms with E-state index in [1.54, 1.807) is 6.07 Å². The summed E-state index contributed by atoms with van der Waals surface area (Å²) in [5, 5.41) is 2.84. The Labute approximate surface area is 182 Å². The predicted octanol–water partition coefficient (Wildman–Crippen LogP) is 4.45. The molecule has 30 heavy (non-hydrogen) atoms. The number of hydrogen-bond acceptors (Lipinski definition) is 5. The van der Waals surface area contributed by atoms with Crippen molar-refractivity contribution in [3.63, 3.8) is 0 Å². The molecule has 6 nitrogen and oxygen atoms in total. The van der Waals surface area contributed by atoms with Crippen LogP contribution in [0, 0.1) is 11.7 Å². The highest BCUT2D eigenvalue weighted by atomic mass is 32.2. The van der Waals surface area contributed by atoms with Crippen LogP contribution in [0.2, 0.25) is 0 Å². The molecular weight excluding hydrogens is 405 g/mol. The number of hydrogen-bond donors (Lipinski definition) is 1. The van der Waals surface area contributed by atoms with Gasteiger partial charge in [0.25, 0.3) is 0 Å². The minimum atomic E-state index is -1.40. The van der Waals surface area contributed by atoms with Crippen LogP contribution in [-0.2, 0) is 16.1 Å². The Bertz CT molecular complexity index is 751. The highest BCUT2D eigenvalue weighted by Crippen LogP contribution is 2.27. The van der Waals surface area contributed by atoms with E-state index < -0.39 is 27.8 Å². The highest BCUT2D eigenvalue weighted by Gasteiger charge is 2.27. The van der Waals surface area contributed by atoms with Crippen molar-refractivity contribution in [2.75, 3.05) is 24.5 Å². The Hall–Kier alpha value is -1.80. The molecule has 168 valence electrons. The summed E-state index contributed by atoms with van der Waals surface area (Å²) in [6.07, 6.45) is 2.92. The predicted molar refractivity (Wildman–Crippen MR) is 121 cm³/mol. The molecule has 0 spiro atoms. The fraction of sp³-hybridized carbons (Fsp3) is 0.636. The molecule has 0 saturated carbocycles. The number of nitrogens with zero attached hydrogens (tertiary/aromatic N) is 2. The number of ether oxygens (including phenoxy) is 1. The third-order valence-electron chi connectivity index (χ3n) is 4.69. The van der Waals surface area contributed by atoms with E-state index in [1.807, 2.05) is 41.5 Å². The molecule has 1 heterocycles. The van der Waals surface area contributed by atoms with Crippen LogP contribution in [0.1, 0.15) is 59.9 Å². The first-order valence-corrected chi connectivity index (χ1v) is 11.4. The maximum absolute atomic E-state index is 13.8. The Morgan fingerprint density at radius 3 is 2.50 bits per heavy atom. The van der Waals surface area contributed by atoms with E-state index in [0.717, 1.165) is 31.6 Å². The van der Waals surface area contributed by atoms with Crippen LogP contribution in [0.3, 0.4) is 0 Å². The van der Waals surface area contributed by atoms with Crippen LogP contribution in [-0.4, -0.2) is 46.8 Å². The molecule has 1 aliphatic heterocycles. The van der Waals surface area contributed by atoms with Crippen molar-refractivity contribution in [3.05, 3.63) is 29.6 Å². The van der Waals surface area contributed by atoms with Gasteiger partial charge in [0, 0.05) is 30.9 Å². The monoisotopic (exact) mass is 439 g/mol. The number of nitrogens with one attached hydrogen (secondary N) is 1.